The van der Waals surface area contributed by atoms with Gasteiger partial charge in [-0.05, 0) is 74.4 Å². The van der Waals surface area contributed by atoms with E-state index in [-0.39, 0.29) is 0 Å². The summed E-state index contributed by atoms with van der Waals surface area (Å²) >= 11 is 0. The molecule has 1 fully saturated rings. The average Bonchev–Trinajstić information content (AvgIpc) is 2.74. The first-order valence-electron chi connectivity index (χ1n) is 10.2. The maximum absolute atomic E-state index is 4.78. The van der Waals surface area contributed by atoms with Crippen molar-refractivity contribution in [2.45, 2.75) is 51.6 Å². The van der Waals surface area contributed by atoms with Gasteiger partial charge in [-0.2, -0.15) is 0 Å². The van der Waals surface area contributed by atoms with Crippen molar-refractivity contribution in [3.05, 3.63) is 89.3 Å². The first-order chi connectivity index (χ1) is 13.7. The van der Waals surface area contributed by atoms with E-state index in [0.717, 1.165) is 25.8 Å². The molecule has 4 rings (SSSR count). The van der Waals surface area contributed by atoms with Crippen LogP contribution in [0.1, 0.15) is 59.4 Å². The van der Waals surface area contributed by atoms with E-state index in [1.54, 1.807) is 0 Å². The van der Waals surface area contributed by atoms with Crippen LogP contribution in [0.2, 0.25) is 0 Å². The fourth-order valence-corrected chi connectivity index (χ4v) is 4.45. The van der Waals surface area contributed by atoms with E-state index < -0.39 is 0 Å². The van der Waals surface area contributed by atoms with E-state index in [1.807, 2.05) is 43.0 Å². The molecule has 0 amide bonds. The maximum atomic E-state index is 4.78. The Morgan fingerprint density at radius 1 is 0.857 bits per heavy atom. The number of aryl methyl sites for hydroxylation is 2. The molecule has 0 N–H and O–H groups in total. The molecule has 0 bridgehead atoms. The van der Waals surface area contributed by atoms with Gasteiger partial charge in [-0.3, -0.25) is 19.9 Å². The van der Waals surface area contributed by atoms with Crippen molar-refractivity contribution < 1.29 is 0 Å². The molecule has 0 radical (unpaired) electrons. The lowest BCUT2D eigenvalue weighted by Gasteiger charge is -2.42. The van der Waals surface area contributed by atoms with Crippen LogP contribution in [-0.4, -0.2) is 26.4 Å². The lowest BCUT2D eigenvalue weighted by molar-refractivity contribution is 0.0775. The highest BCUT2D eigenvalue weighted by atomic mass is 15.2. The Morgan fingerprint density at radius 2 is 1.46 bits per heavy atom. The maximum Gasteiger partial charge on any atom is 0.0604 e. The summed E-state index contributed by atoms with van der Waals surface area (Å²) in [4.78, 5) is 16.5. The second kappa shape index (κ2) is 8.61. The number of likely N-dealkylation sites (tertiary alicyclic amines) is 1. The molecule has 0 saturated carbocycles. The standard InChI is InChI=1S/C24H28N4/c1-18-7-4-14-26-23(18)21-10-3-11-22(24-19(2)8-5-15-27-24)28(21)16-12-20-9-6-13-25-17-20/h4-9,13-15,17,21-22H,3,10-12,16H2,1-2H3/t21-,22+. The van der Waals surface area contributed by atoms with Crippen LogP contribution in [0, 0.1) is 13.8 Å². The minimum atomic E-state index is 0.332. The topological polar surface area (TPSA) is 41.9 Å². The summed E-state index contributed by atoms with van der Waals surface area (Å²) in [6.45, 7) is 5.33. The Kier molecular flexibility index (Phi) is 5.77. The molecule has 1 aliphatic heterocycles. The minimum absolute atomic E-state index is 0.332. The molecule has 1 aliphatic rings. The Morgan fingerprint density at radius 3 is 2.00 bits per heavy atom. The zero-order valence-corrected chi connectivity index (χ0v) is 16.8. The molecule has 1 saturated heterocycles. The number of pyridine rings is 3. The van der Waals surface area contributed by atoms with Crippen molar-refractivity contribution in [3.63, 3.8) is 0 Å². The number of rotatable bonds is 5. The molecule has 4 heteroatoms. The van der Waals surface area contributed by atoms with Gasteiger partial charge in [-0.15, -0.1) is 0 Å². The summed E-state index contributed by atoms with van der Waals surface area (Å²) in [7, 11) is 0. The van der Waals surface area contributed by atoms with Gasteiger partial charge in [0.15, 0.2) is 0 Å². The average molecular weight is 373 g/mol. The van der Waals surface area contributed by atoms with Crippen molar-refractivity contribution in [1.29, 1.82) is 0 Å². The molecule has 0 unspecified atom stereocenters. The van der Waals surface area contributed by atoms with Crippen LogP contribution in [0.5, 0.6) is 0 Å². The zero-order valence-electron chi connectivity index (χ0n) is 16.8. The fraction of sp³-hybridized carbons (Fsp3) is 0.375. The molecule has 3 aromatic rings. The van der Waals surface area contributed by atoms with E-state index in [0.29, 0.717) is 12.1 Å². The molecular formula is C24H28N4. The van der Waals surface area contributed by atoms with Crippen molar-refractivity contribution in [2.75, 3.05) is 6.54 Å². The van der Waals surface area contributed by atoms with Gasteiger partial charge < -0.3 is 0 Å². The molecular weight excluding hydrogens is 344 g/mol. The Labute approximate surface area is 167 Å². The van der Waals surface area contributed by atoms with Gasteiger partial charge in [0, 0.05) is 31.3 Å². The summed E-state index contributed by atoms with van der Waals surface area (Å²) in [5.41, 5.74) is 6.26. The molecule has 4 nitrogen and oxygen atoms in total. The molecule has 4 heterocycles. The van der Waals surface area contributed by atoms with E-state index in [1.165, 1.54) is 34.5 Å². The lowest BCUT2D eigenvalue weighted by Crippen LogP contribution is -2.39. The molecule has 3 aromatic heterocycles. The summed E-state index contributed by atoms with van der Waals surface area (Å²) in [5, 5.41) is 0. The lowest BCUT2D eigenvalue weighted by atomic mass is 9.88. The van der Waals surface area contributed by atoms with Gasteiger partial charge in [-0.25, -0.2) is 0 Å². The highest BCUT2D eigenvalue weighted by molar-refractivity contribution is 5.26. The van der Waals surface area contributed by atoms with Crippen LogP contribution in [0.25, 0.3) is 0 Å². The summed E-state index contributed by atoms with van der Waals surface area (Å²) in [6.07, 6.45) is 12.1. The number of nitrogens with zero attached hydrogens (tertiary/aromatic N) is 4. The molecule has 0 aliphatic carbocycles. The normalized spacial score (nSPS) is 20.2. The van der Waals surface area contributed by atoms with Gasteiger partial charge in [0.2, 0.25) is 0 Å². The fourth-order valence-electron chi connectivity index (χ4n) is 4.45. The first kappa shape index (κ1) is 18.8. The predicted octanol–water partition coefficient (Wildman–Crippen LogP) is 5.00. The van der Waals surface area contributed by atoms with Gasteiger partial charge in [0.25, 0.3) is 0 Å². The third kappa shape index (κ3) is 3.97. The third-order valence-electron chi connectivity index (χ3n) is 5.87. The van der Waals surface area contributed by atoms with E-state index >= 15 is 0 Å². The zero-order chi connectivity index (χ0) is 19.3. The van der Waals surface area contributed by atoms with Crippen molar-refractivity contribution in [1.82, 2.24) is 19.9 Å². The van der Waals surface area contributed by atoms with Crippen LogP contribution >= 0.6 is 0 Å². The van der Waals surface area contributed by atoms with Crippen molar-refractivity contribution in [2.24, 2.45) is 0 Å². The highest BCUT2D eigenvalue weighted by Gasteiger charge is 2.34. The van der Waals surface area contributed by atoms with Gasteiger partial charge in [-0.1, -0.05) is 18.2 Å². The summed E-state index contributed by atoms with van der Waals surface area (Å²) < 4.78 is 0. The second-order valence-electron chi connectivity index (χ2n) is 7.72. The predicted molar refractivity (Wildman–Crippen MR) is 112 cm³/mol. The van der Waals surface area contributed by atoms with Crippen LogP contribution in [-0.2, 0) is 6.42 Å². The Bertz CT molecular complexity index is 856. The van der Waals surface area contributed by atoms with Gasteiger partial charge in [0.1, 0.15) is 0 Å². The van der Waals surface area contributed by atoms with Crippen LogP contribution in [0.15, 0.2) is 61.2 Å². The largest absolute Gasteiger partial charge is 0.286 e. The Hall–Kier alpha value is -2.59. The smallest absolute Gasteiger partial charge is 0.0604 e. The SMILES string of the molecule is Cc1cccnc1[C@H]1CCC[C@@H](c2ncccc2C)N1CCc1cccnc1. The van der Waals surface area contributed by atoms with Gasteiger partial charge >= 0.3 is 0 Å². The molecule has 2 atom stereocenters. The van der Waals surface area contributed by atoms with E-state index in [9.17, 15) is 0 Å². The highest BCUT2D eigenvalue weighted by Crippen LogP contribution is 2.42. The van der Waals surface area contributed by atoms with E-state index in [4.69, 9.17) is 9.97 Å². The summed E-state index contributed by atoms with van der Waals surface area (Å²) in [5.74, 6) is 0. The van der Waals surface area contributed by atoms with Crippen LogP contribution in [0.3, 0.4) is 0 Å². The third-order valence-corrected chi connectivity index (χ3v) is 5.87. The molecule has 0 aromatic carbocycles. The number of hydrogen-bond donors (Lipinski definition) is 0. The van der Waals surface area contributed by atoms with Gasteiger partial charge in [0.05, 0.1) is 23.5 Å². The summed E-state index contributed by atoms with van der Waals surface area (Å²) in [6, 6.07) is 13.3. The van der Waals surface area contributed by atoms with Crippen LogP contribution < -0.4 is 0 Å². The Balaban J connectivity index is 1.68. The first-order valence-corrected chi connectivity index (χ1v) is 10.2. The van der Waals surface area contributed by atoms with E-state index in [2.05, 4.69) is 41.9 Å². The number of piperidine rings is 1. The van der Waals surface area contributed by atoms with Crippen molar-refractivity contribution >= 4 is 0 Å². The quantitative estimate of drug-likeness (QED) is 0.632. The molecule has 0 spiro atoms. The van der Waals surface area contributed by atoms with Crippen LogP contribution in [0.4, 0.5) is 0 Å². The molecule has 144 valence electrons. The second-order valence-corrected chi connectivity index (χ2v) is 7.72. The number of aromatic nitrogens is 3. The molecule has 28 heavy (non-hydrogen) atoms. The minimum Gasteiger partial charge on any atom is -0.286 e. The van der Waals surface area contributed by atoms with Crippen molar-refractivity contribution in [3.8, 4) is 0 Å². The number of hydrogen-bond acceptors (Lipinski definition) is 4. The monoisotopic (exact) mass is 372 g/mol.